The van der Waals surface area contributed by atoms with Crippen molar-refractivity contribution in [3.63, 3.8) is 0 Å². The number of carbonyl (C=O) groups excluding carboxylic acids is 3. The molecule has 1 aliphatic heterocycles. The molecule has 0 spiro atoms. The minimum absolute atomic E-state index is 0.0360. The van der Waals surface area contributed by atoms with Gasteiger partial charge < -0.3 is 15.0 Å². The van der Waals surface area contributed by atoms with Crippen LogP contribution >= 0.6 is 0 Å². The van der Waals surface area contributed by atoms with Crippen LogP contribution in [0.15, 0.2) is 24.3 Å². The minimum Gasteiger partial charge on any atom is -0.466 e. The number of hydrogen-bond donors (Lipinski definition) is 1. The van der Waals surface area contributed by atoms with E-state index in [0.29, 0.717) is 30.9 Å². The highest BCUT2D eigenvalue weighted by Gasteiger charge is 2.36. The molecule has 6 nitrogen and oxygen atoms in total. The monoisotopic (exact) mass is 332 g/mol. The Bertz CT molecular complexity index is 615. The van der Waals surface area contributed by atoms with E-state index in [9.17, 15) is 14.4 Å². The highest BCUT2D eigenvalue weighted by atomic mass is 16.5. The lowest BCUT2D eigenvalue weighted by Gasteiger charge is -2.17. The Balaban J connectivity index is 2.04. The van der Waals surface area contributed by atoms with Gasteiger partial charge in [0.25, 0.3) is 0 Å². The van der Waals surface area contributed by atoms with Gasteiger partial charge in [0.2, 0.25) is 11.8 Å². The summed E-state index contributed by atoms with van der Waals surface area (Å²) in [5.41, 5.74) is 1.33. The molecule has 0 saturated carbocycles. The molecule has 2 rings (SSSR count). The van der Waals surface area contributed by atoms with Crippen LogP contribution in [-0.2, 0) is 19.1 Å². The molecule has 1 aromatic rings. The molecular formula is C18H24N2O4. The zero-order valence-electron chi connectivity index (χ0n) is 14.2. The van der Waals surface area contributed by atoms with Crippen molar-refractivity contribution in [3.05, 3.63) is 24.3 Å². The fourth-order valence-corrected chi connectivity index (χ4v) is 2.69. The normalized spacial score (nSPS) is 17.0. The maximum Gasteiger partial charge on any atom is 0.311 e. The van der Waals surface area contributed by atoms with E-state index in [1.807, 2.05) is 6.92 Å². The van der Waals surface area contributed by atoms with Gasteiger partial charge in [-0.25, -0.2) is 0 Å². The molecule has 1 aliphatic rings. The van der Waals surface area contributed by atoms with Crippen molar-refractivity contribution in [1.29, 1.82) is 0 Å². The third kappa shape index (κ3) is 4.57. The lowest BCUT2D eigenvalue weighted by Crippen LogP contribution is -2.26. The van der Waals surface area contributed by atoms with Crippen LogP contribution in [0.5, 0.6) is 0 Å². The van der Waals surface area contributed by atoms with Crippen LogP contribution in [0.3, 0.4) is 0 Å². The summed E-state index contributed by atoms with van der Waals surface area (Å²) in [6.07, 6.45) is 2.45. The van der Waals surface area contributed by atoms with E-state index in [0.717, 1.165) is 12.8 Å². The first-order valence-electron chi connectivity index (χ1n) is 8.42. The van der Waals surface area contributed by atoms with E-state index >= 15 is 0 Å². The summed E-state index contributed by atoms with van der Waals surface area (Å²) in [6.45, 7) is 4.40. The Hall–Kier alpha value is -2.37. The molecule has 130 valence electrons. The molecule has 1 N–H and O–H groups in total. The predicted octanol–water partition coefficient (Wildman–Crippen LogP) is 2.73. The number of carbonyl (C=O) groups is 3. The Labute approximate surface area is 142 Å². The lowest BCUT2D eigenvalue weighted by atomic mass is 10.1. The maximum atomic E-state index is 12.2. The summed E-state index contributed by atoms with van der Waals surface area (Å²) < 4.78 is 5.00. The van der Waals surface area contributed by atoms with Gasteiger partial charge in [-0.1, -0.05) is 19.4 Å². The van der Waals surface area contributed by atoms with E-state index in [2.05, 4.69) is 5.32 Å². The van der Waals surface area contributed by atoms with E-state index < -0.39 is 5.92 Å². The Kier molecular flexibility index (Phi) is 6.35. The zero-order chi connectivity index (χ0) is 17.5. The van der Waals surface area contributed by atoms with Crippen LogP contribution < -0.4 is 10.2 Å². The van der Waals surface area contributed by atoms with Crippen LogP contribution in [0.25, 0.3) is 0 Å². The predicted molar refractivity (Wildman–Crippen MR) is 91.7 cm³/mol. The van der Waals surface area contributed by atoms with Crippen molar-refractivity contribution in [2.75, 3.05) is 23.4 Å². The van der Waals surface area contributed by atoms with Crippen LogP contribution in [0.4, 0.5) is 11.4 Å². The van der Waals surface area contributed by atoms with Crippen molar-refractivity contribution in [1.82, 2.24) is 0 Å². The number of benzene rings is 1. The first kappa shape index (κ1) is 18.0. The molecule has 1 heterocycles. The molecule has 1 atom stereocenters. The van der Waals surface area contributed by atoms with Crippen molar-refractivity contribution >= 4 is 29.2 Å². The first-order valence-corrected chi connectivity index (χ1v) is 8.42. The van der Waals surface area contributed by atoms with Gasteiger partial charge >= 0.3 is 5.97 Å². The molecule has 0 aromatic heterocycles. The summed E-state index contributed by atoms with van der Waals surface area (Å²) in [4.78, 5) is 37.4. The standard InChI is InChI=1S/C18H24N2O4/c1-3-5-9-16(21)19-14-7-6-8-15(11-14)20-12-13(10-17(20)22)18(23)24-4-2/h6-8,11,13H,3-5,9-10,12H2,1-2H3,(H,19,21)/t13-/m1/s1. The van der Waals surface area contributed by atoms with Crippen molar-refractivity contribution in [2.45, 2.75) is 39.5 Å². The number of rotatable bonds is 7. The molecule has 0 bridgehead atoms. The number of nitrogens with zero attached hydrogens (tertiary/aromatic N) is 1. The highest BCUT2D eigenvalue weighted by Crippen LogP contribution is 2.27. The van der Waals surface area contributed by atoms with E-state index in [-0.39, 0.29) is 24.2 Å². The van der Waals surface area contributed by atoms with Crippen LogP contribution in [0.1, 0.15) is 39.5 Å². The van der Waals surface area contributed by atoms with Gasteiger partial charge in [0.1, 0.15) is 0 Å². The molecule has 24 heavy (non-hydrogen) atoms. The number of ether oxygens (including phenoxy) is 1. The second kappa shape index (κ2) is 8.47. The van der Waals surface area contributed by atoms with E-state index in [1.54, 1.807) is 36.1 Å². The Morgan fingerprint density at radius 1 is 1.33 bits per heavy atom. The highest BCUT2D eigenvalue weighted by molar-refractivity contribution is 6.00. The lowest BCUT2D eigenvalue weighted by molar-refractivity contribution is -0.147. The molecule has 1 aromatic carbocycles. The fraction of sp³-hybridized carbons (Fsp3) is 0.500. The molecule has 6 heteroatoms. The molecule has 0 unspecified atom stereocenters. The minimum atomic E-state index is -0.430. The Morgan fingerprint density at radius 2 is 2.12 bits per heavy atom. The molecule has 0 aliphatic carbocycles. The van der Waals surface area contributed by atoms with Crippen LogP contribution in [0, 0.1) is 5.92 Å². The number of anilines is 2. The van der Waals surface area contributed by atoms with Crippen molar-refractivity contribution in [3.8, 4) is 0 Å². The second-order valence-electron chi connectivity index (χ2n) is 5.86. The quantitative estimate of drug-likeness (QED) is 0.779. The van der Waals surface area contributed by atoms with Crippen molar-refractivity contribution < 1.29 is 19.1 Å². The average molecular weight is 332 g/mol. The molecule has 1 saturated heterocycles. The topological polar surface area (TPSA) is 75.7 Å². The molecule has 2 amide bonds. The van der Waals surface area contributed by atoms with E-state index in [1.165, 1.54) is 0 Å². The van der Waals surface area contributed by atoms with Gasteiger partial charge in [0.05, 0.1) is 12.5 Å². The van der Waals surface area contributed by atoms with Gasteiger partial charge in [-0.2, -0.15) is 0 Å². The third-order valence-corrected chi connectivity index (χ3v) is 3.94. The zero-order valence-corrected chi connectivity index (χ0v) is 14.2. The number of unbranched alkanes of at least 4 members (excludes halogenated alkanes) is 1. The van der Waals surface area contributed by atoms with Gasteiger partial charge in [0, 0.05) is 30.8 Å². The van der Waals surface area contributed by atoms with Gasteiger partial charge in [-0.15, -0.1) is 0 Å². The van der Waals surface area contributed by atoms with Crippen molar-refractivity contribution in [2.24, 2.45) is 5.92 Å². The molecule has 1 fully saturated rings. The largest absolute Gasteiger partial charge is 0.466 e. The van der Waals surface area contributed by atoms with Gasteiger partial charge in [-0.3, -0.25) is 14.4 Å². The average Bonchev–Trinajstić information content (AvgIpc) is 2.95. The number of esters is 1. The molecule has 0 radical (unpaired) electrons. The summed E-state index contributed by atoms with van der Waals surface area (Å²) in [5, 5.41) is 2.84. The number of nitrogens with one attached hydrogen (secondary N) is 1. The van der Waals surface area contributed by atoms with Crippen LogP contribution in [0.2, 0.25) is 0 Å². The Morgan fingerprint density at radius 3 is 2.83 bits per heavy atom. The number of amides is 2. The molecular weight excluding hydrogens is 308 g/mol. The van der Waals surface area contributed by atoms with Gasteiger partial charge in [-0.05, 0) is 31.5 Å². The number of hydrogen-bond acceptors (Lipinski definition) is 4. The summed E-state index contributed by atoms with van der Waals surface area (Å²) in [6, 6.07) is 7.13. The SMILES string of the molecule is CCCCC(=O)Nc1cccc(N2C[C@H](C(=O)OCC)CC2=O)c1. The van der Waals surface area contributed by atoms with Crippen LogP contribution in [-0.4, -0.2) is 30.9 Å². The summed E-state index contributed by atoms with van der Waals surface area (Å²) in [5.74, 6) is -0.911. The smallest absolute Gasteiger partial charge is 0.311 e. The second-order valence-corrected chi connectivity index (χ2v) is 5.86. The maximum absolute atomic E-state index is 12.2. The summed E-state index contributed by atoms with van der Waals surface area (Å²) in [7, 11) is 0. The van der Waals surface area contributed by atoms with E-state index in [4.69, 9.17) is 4.74 Å². The fourth-order valence-electron chi connectivity index (χ4n) is 2.69. The third-order valence-electron chi connectivity index (χ3n) is 3.94. The summed E-state index contributed by atoms with van der Waals surface area (Å²) >= 11 is 0. The first-order chi connectivity index (χ1) is 11.5. The van der Waals surface area contributed by atoms with Gasteiger partial charge in [0.15, 0.2) is 0 Å².